The number of thiophene rings is 1. The number of amides is 1. The molecule has 2 atom stereocenters. The Hall–Kier alpha value is -1.36. The zero-order valence-corrected chi connectivity index (χ0v) is 12.5. The summed E-state index contributed by atoms with van der Waals surface area (Å²) in [5, 5.41) is 13.3. The lowest BCUT2D eigenvalue weighted by molar-refractivity contribution is -0.142. The average Bonchev–Trinajstić information content (AvgIpc) is 3.23. The molecule has 4 nitrogen and oxygen atoms in total. The molecular weight excluding hydrogens is 274 g/mol. The van der Waals surface area contributed by atoms with E-state index in [9.17, 15) is 14.7 Å². The molecular formula is C15H19NO3S. The third kappa shape index (κ3) is 2.24. The number of aliphatic carboxylic acids is 1. The summed E-state index contributed by atoms with van der Waals surface area (Å²) in [7, 11) is 0. The van der Waals surface area contributed by atoms with Crippen LogP contribution in [0.3, 0.4) is 0 Å². The van der Waals surface area contributed by atoms with Crippen molar-refractivity contribution in [1.82, 2.24) is 4.90 Å². The summed E-state index contributed by atoms with van der Waals surface area (Å²) in [5.41, 5.74) is 0.727. The molecule has 2 aliphatic carbocycles. The lowest BCUT2D eigenvalue weighted by Crippen LogP contribution is -2.35. The number of nitrogens with zero attached hydrogens (tertiary/aromatic N) is 1. The number of hydrogen-bond acceptors (Lipinski definition) is 3. The van der Waals surface area contributed by atoms with E-state index in [0.717, 1.165) is 18.4 Å². The molecule has 108 valence electrons. The molecule has 1 amide bonds. The number of carboxylic acids is 1. The highest BCUT2D eigenvalue weighted by Crippen LogP contribution is 2.59. The van der Waals surface area contributed by atoms with Crippen LogP contribution < -0.4 is 0 Å². The van der Waals surface area contributed by atoms with Crippen LogP contribution in [-0.4, -0.2) is 27.9 Å². The predicted octanol–water partition coefficient (Wildman–Crippen LogP) is 2.60. The second-order valence-corrected chi connectivity index (χ2v) is 7.22. The van der Waals surface area contributed by atoms with Crippen LogP contribution in [0.4, 0.5) is 0 Å². The van der Waals surface area contributed by atoms with Crippen molar-refractivity contribution < 1.29 is 14.7 Å². The molecule has 0 aliphatic heterocycles. The first kappa shape index (κ1) is 13.6. The standard InChI is InChI=1S/C15H19NO3S/c1-15(2)11(12(15)14(18)19)13(17)16(10-3-4-10)7-9-5-6-20-8-9/h5-6,8,10-12H,3-4,7H2,1-2H3,(H,18,19)/t11-,12+/m1/s1. The van der Waals surface area contributed by atoms with E-state index in [1.54, 1.807) is 11.3 Å². The minimum absolute atomic E-state index is 0.0242. The van der Waals surface area contributed by atoms with E-state index < -0.39 is 17.3 Å². The van der Waals surface area contributed by atoms with Crippen LogP contribution in [0.1, 0.15) is 32.3 Å². The molecule has 1 aromatic heterocycles. The summed E-state index contributed by atoms with van der Waals surface area (Å²) in [6.45, 7) is 4.37. The third-order valence-corrected chi connectivity index (χ3v) is 5.30. The van der Waals surface area contributed by atoms with E-state index in [1.165, 1.54) is 0 Å². The van der Waals surface area contributed by atoms with E-state index >= 15 is 0 Å². The van der Waals surface area contributed by atoms with Crippen molar-refractivity contribution in [2.45, 2.75) is 39.3 Å². The van der Waals surface area contributed by atoms with Crippen LogP contribution >= 0.6 is 11.3 Å². The summed E-state index contributed by atoms with van der Waals surface area (Å²) in [6, 6.07) is 2.34. The third-order valence-electron chi connectivity index (χ3n) is 4.56. The fourth-order valence-corrected chi connectivity index (χ4v) is 3.75. The highest BCUT2D eigenvalue weighted by molar-refractivity contribution is 7.07. The van der Waals surface area contributed by atoms with Gasteiger partial charge in [0.2, 0.25) is 5.91 Å². The van der Waals surface area contributed by atoms with Gasteiger partial charge in [-0.05, 0) is 40.6 Å². The van der Waals surface area contributed by atoms with Crippen molar-refractivity contribution in [3.05, 3.63) is 22.4 Å². The Morgan fingerprint density at radius 3 is 2.55 bits per heavy atom. The molecule has 2 fully saturated rings. The lowest BCUT2D eigenvalue weighted by atomic mass is 10.1. The van der Waals surface area contributed by atoms with Crippen molar-refractivity contribution in [3.63, 3.8) is 0 Å². The fourth-order valence-electron chi connectivity index (χ4n) is 3.09. The number of rotatable bonds is 5. The summed E-state index contributed by atoms with van der Waals surface area (Å²) < 4.78 is 0. The maximum atomic E-state index is 12.7. The topological polar surface area (TPSA) is 57.6 Å². The molecule has 0 radical (unpaired) electrons. The first-order chi connectivity index (χ1) is 9.43. The molecule has 1 aromatic rings. The summed E-state index contributed by atoms with van der Waals surface area (Å²) in [6.07, 6.45) is 2.08. The van der Waals surface area contributed by atoms with Crippen LogP contribution in [0, 0.1) is 17.3 Å². The van der Waals surface area contributed by atoms with Gasteiger partial charge in [-0.15, -0.1) is 0 Å². The molecule has 0 bridgehead atoms. The highest BCUT2D eigenvalue weighted by Gasteiger charge is 2.67. The van der Waals surface area contributed by atoms with Gasteiger partial charge in [0, 0.05) is 12.6 Å². The molecule has 1 N–H and O–H groups in total. The van der Waals surface area contributed by atoms with Gasteiger partial charge in [0.05, 0.1) is 11.8 Å². The van der Waals surface area contributed by atoms with Crippen molar-refractivity contribution in [2.75, 3.05) is 0 Å². The molecule has 0 unspecified atom stereocenters. The number of carbonyl (C=O) groups is 2. The van der Waals surface area contributed by atoms with Gasteiger partial charge in [-0.25, -0.2) is 0 Å². The Morgan fingerprint density at radius 1 is 1.40 bits per heavy atom. The molecule has 5 heteroatoms. The van der Waals surface area contributed by atoms with E-state index in [0.29, 0.717) is 12.6 Å². The van der Waals surface area contributed by atoms with Gasteiger partial charge in [0.15, 0.2) is 0 Å². The van der Waals surface area contributed by atoms with Crippen LogP contribution in [0.5, 0.6) is 0 Å². The number of hydrogen-bond donors (Lipinski definition) is 1. The van der Waals surface area contributed by atoms with Gasteiger partial charge in [-0.3, -0.25) is 9.59 Å². The average molecular weight is 293 g/mol. The maximum Gasteiger partial charge on any atom is 0.307 e. The zero-order valence-electron chi connectivity index (χ0n) is 11.7. The zero-order chi connectivity index (χ0) is 14.5. The largest absolute Gasteiger partial charge is 0.481 e. The Kier molecular flexibility index (Phi) is 3.12. The quantitative estimate of drug-likeness (QED) is 0.908. The summed E-state index contributed by atoms with van der Waals surface area (Å²) >= 11 is 1.62. The summed E-state index contributed by atoms with van der Waals surface area (Å²) in [5.74, 6) is -1.71. The SMILES string of the molecule is CC1(C)[C@H](C(=O)O)[C@@H]1C(=O)N(Cc1ccsc1)C1CC1. The summed E-state index contributed by atoms with van der Waals surface area (Å²) in [4.78, 5) is 25.9. The second-order valence-electron chi connectivity index (χ2n) is 6.44. The van der Waals surface area contributed by atoms with Crippen LogP contribution in [0.2, 0.25) is 0 Å². The smallest absolute Gasteiger partial charge is 0.307 e. The normalized spacial score (nSPS) is 27.1. The van der Waals surface area contributed by atoms with Crippen LogP contribution in [0.15, 0.2) is 16.8 Å². The van der Waals surface area contributed by atoms with Crippen molar-refractivity contribution >= 4 is 23.2 Å². The molecule has 0 spiro atoms. The van der Waals surface area contributed by atoms with Crippen molar-refractivity contribution in [1.29, 1.82) is 0 Å². The van der Waals surface area contributed by atoms with Crippen molar-refractivity contribution in [3.8, 4) is 0 Å². The Labute approximate surface area is 122 Å². The van der Waals surface area contributed by atoms with Gasteiger partial charge in [-0.1, -0.05) is 13.8 Å². The van der Waals surface area contributed by atoms with E-state index in [-0.39, 0.29) is 11.8 Å². The molecule has 0 aromatic carbocycles. The fraction of sp³-hybridized carbons (Fsp3) is 0.600. The Bertz CT molecular complexity index is 533. The maximum absolute atomic E-state index is 12.7. The van der Waals surface area contributed by atoms with Crippen molar-refractivity contribution in [2.24, 2.45) is 17.3 Å². The Balaban J connectivity index is 1.75. The Morgan fingerprint density at radius 2 is 2.10 bits per heavy atom. The number of carboxylic acid groups (broad SMARTS) is 1. The van der Waals surface area contributed by atoms with Gasteiger partial charge in [0.25, 0.3) is 0 Å². The highest BCUT2D eigenvalue weighted by atomic mass is 32.1. The van der Waals surface area contributed by atoms with E-state index in [4.69, 9.17) is 0 Å². The van der Waals surface area contributed by atoms with Crippen LogP contribution in [-0.2, 0) is 16.1 Å². The lowest BCUT2D eigenvalue weighted by Gasteiger charge is -2.23. The predicted molar refractivity (Wildman–Crippen MR) is 76.3 cm³/mol. The molecule has 0 saturated heterocycles. The molecule has 2 aliphatic rings. The molecule has 2 saturated carbocycles. The van der Waals surface area contributed by atoms with Gasteiger partial charge in [-0.2, -0.15) is 11.3 Å². The minimum atomic E-state index is -0.848. The van der Waals surface area contributed by atoms with Gasteiger partial charge >= 0.3 is 5.97 Å². The molecule has 20 heavy (non-hydrogen) atoms. The first-order valence-electron chi connectivity index (χ1n) is 6.97. The van der Waals surface area contributed by atoms with Gasteiger partial charge in [0.1, 0.15) is 0 Å². The first-order valence-corrected chi connectivity index (χ1v) is 7.91. The van der Waals surface area contributed by atoms with E-state index in [1.807, 2.05) is 30.2 Å². The molecule has 3 rings (SSSR count). The van der Waals surface area contributed by atoms with Crippen LogP contribution in [0.25, 0.3) is 0 Å². The molecule has 1 heterocycles. The minimum Gasteiger partial charge on any atom is -0.481 e. The second kappa shape index (κ2) is 4.58. The van der Waals surface area contributed by atoms with Gasteiger partial charge < -0.3 is 10.0 Å². The monoisotopic (exact) mass is 293 g/mol. The van der Waals surface area contributed by atoms with E-state index in [2.05, 4.69) is 5.38 Å². The number of carbonyl (C=O) groups excluding carboxylic acids is 1.